The van der Waals surface area contributed by atoms with E-state index < -0.39 is 17.0 Å². The number of pyridine rings is 1. The highest BCUT2D eigenvalue weighted by Crippen LogP contribution is 2.33. The highest BCUT2D eigenvalue weighted by Gasteiger charge is 2.32. The lowest BCUT2D eigenvalue weighted by molar-refractivity contribution is -0.137. The van der Waals surface area contributed by atoms with E-state index >= 15 is 0 Å². The smallest absolute Gasteiger partial charge is 0.352 e. The summed E-state index contributed by atoms with van der Waals surface area (Å²) < 4.78 is 40.2. The first-order chi connectivity index (χ1) is 12.3. The van der Waals surface area contributed by atoms with Gasteiger partial charge in [-0.05, 0) is 25.8 Å². The van der Waals surface area contributed by atoms with Crippen molar-refractivity contribution in [1.29, 1.82) is 0 Å². The molecule has 2 aromatic rings. The number of hydrogen-bond acceptors (Lipinski definition) is 4. The van der Waals surface area contributed by atoms with Gasteiger partial charge >= 0.3 is 6.18 Å². The summed E-state index contributed by atoms with van der Waals surface area (Å²) in [6, 6.07) is 0.986. The van der Waals surface area contributed by atoms with E-state index in [0.717, 1.165) is 49.7 Å². The minimum Gasteiger partial charge on any atom is -0.352 e. The molecule has 0 unspecified atom stereocenters. The second-order valence-electron chi connectivity index (χ2n) is 6.35. The number of hydrogen-bond donors (Lipinski definition) is 1. The van der Waals surface area contributed by atoms with E-state index in [1.165, 1.54) is 10.8 Å². The van der Waals surface area contributed by atoms with Gasteiger partial charge in [0.15, 0.2) is 10.8 Å². The van der Waals surface area contributed by atoms with E-state index in [-0.39, 0.29) is 27.8 Å². The molecule has 1 aliphatic carbocycles. The monoisotopic (exact) mass is 406 g/mol. The largest absolute Gasteiger partial charge is 0.417 e. The lowest BCUT2D eigenvalue weighted by Crippen LogP contribution is -2.40. The second kappa shape index (κ2) is 7.64. The highest BCUT2D eigenvalue weighted by molar-refractivity contribution is 8.00. The number of thioether (sulfide) groups is 1. The van der Waals surface area contributed by atoms with Crippen LogP contribution in [0.5, 0.6) is 0 Å². The van der Waals surface area contributed by atoms with Gasteiger partial charge in [0, 0.05) is 12.2 Å². The predicted molar refractivity (Wildman–Crippen MR) is 93.3 cm³/mol. The topological polar surface area (TPSA) is 59.3 Å². The first kappa shape index (κ1) is 19.3. The van der Waals surface area contributed by atoms with E-state index in [9.17, 15) is 18.0 Å². The zero-order valence-corrected chi connectivity index (χ0v) is 15.6. The molecular formula is C16H18ClF3N4OS. The van der Waals surface area contributed by atoms with Crippen LogP contribution in [0, 0.1) is 0 Å². The van der Waals surface area contributed by atoms with Crippen LogP contribution in [0.15, 0.2) is 17.4 Å². The van der Waals surface area contributed by atoms with E-state index in [1.54, 1.807) is 6.92 Å². The van der Waals surface area contributed by atoms with Crippen LogP contribution in [0.2, 0.25) is 5.02 Å². The van der Waals surface area contributed by atoms with Crippen molar-refractivity contribution < 1.29 is 18.0 Å². The minimum absolute atomic E-state index is 0.127. The van der Waals surface area contributed by atoms with Crippen molar-refractivity contribution in [1.82, 2.24) is 19.9 Å². The van der Waals surface area contributed by atoms with Gasteiger partial charge in [-0.25, -0.2) is 0 Å². The van der Waals surface area contributed by atoms with Crippen molar-refractivity contribution in [2.45, 2.75) is 61.7 Å². The third-order valence-electron chi connectivity index (χ3n) is 4.36. The van der Waals surface area contributed by atoms with Crippen LogP contribution in [-0.4, -0.2) is 31.8 Å². The Bertz CT molecular complexity index is 805. The number of amides is 1. The quantitative estimate of drug-likeness (QED) is 0.768. The number of nitrogens with zero attached hydrogens (tertiary/aromatic N) is 3. The van der Waals surface area contributed by atoms with Crippen LogP contribution in [0.1, 0.15) is 44.6 Å². The molecule has 0 radical (unpaired) electrons. The number of nitrogens with one attached hydrogen (secondary N) is 1. The fraction of sp³-hybridized carbons (Fsp3) is 0.562. The van der Waals surface area contributed by atoms with E-state index in [4.69, 9.17) is 11.6 Å². The zero-order chi connectivity index (χ0) is 18.9. The normalized spacial score (nSPS) is 17.4. The Morgan fingerprint density at radius 3 is 2.69 bits per heavy atom. The van der Waals surface area contributed by atoms with Gasteiger partial charge in [0.05, 0.1) is 15.8 Å². The van der Waals surface area contributed by atoms with Crippen molar-refractivity contribution >= 4 is 34.9 Å². The number of rotatable bonds is 4. The molecule has 142 valence electrons. The zero-order valence-electron chi connectivity index (χ0n) is 14.0. The van der Waals surface area contributed by atoms with Crippen molar-refractivity contribution in [3.8, 4) is 0 Å². The maximum atomic E-state index is 13.0. The second-order valence-corrected chi connectivity index (χ2v) is 8.07. The summed E-state index contributed by atoms with van der Waals surface area (Å²) in [5.74, 6) is -0.156. The number of fused-ring (bicyclic) bond motifs is 1. The molecule has 0 aromatic carbocycles. The molecule has 1 fully saturated rings. The van der Waals surface area contributed by atoms with Crippen molar-refractivity contribution in [2.24, 2.45) is 0 Å². The molecule has 5 nitrogen and oxygen atoms in total. The molecule has 0 spiro atoms. The summed E-state index contributed by atoms with van der Waals surface area (Å²) in [5.41, 5.74) is -0.766. The number of aromatic nitrogens is 3. The fourth-order valence-corrected chi connectivity index (χ4v) is 4.02. The van der Waals surface area contributed by atoms with Crippen LogP contribution in [0.25, 0.3) is 5.65 Å². The third-order valence-corrected chi connectivity index (χ3v) is 5.69. The summed E-state index contributed by atoms with van der Waals surface area (Å²) in [6.07, 6.45) is 1.66. The summed E-state index contributed by atoms with van der Waals surface area (Å²) >= 11 is 6.95. The Morgan fingerprint density at radius 1 is 1.35 bits per heavy atom. The fourth-order valence-electron chi connectivity index (χ4n) is 2.95. The van der Waals surface area contributed by atoms with Crippen LogP contribution >= 0.6 is 23.4 Å². The number of alkyl halides is 3. The van der Waals surface area contributed by atoms with Gasteiger partial charge in [0.1, 0.15) is 0 Å². The molecule has 26 heavy (non-hydrogen) atoms. The maximum Gasteiger partial charge on any atom is 0.417 e. The first-order valence-electron chi connectivity index (χ1n) is 8.34. The lowest BCUT2D eigenvalue weighted by Gasteiger charge is -2.24. The molecule has 0 saturated heterocycles. The standard InChI is InChI=1S/C16H18ClF3N4OS/c1-9(14(25)21-11-5-3-2-4-6-11)26-15-23-22-13-12(17)7-10(8-24(13)15)16(18,19)20/h7-9,11H,2-6H2,1H3,(H,21,25)/t9-/m0/s1. The predicted octanol–water partition coefficient (Wildman–Crippen LogP) is 4.33. The average molecular weight is 407 g/mol. The maximum absolute atomic E-state index is 13.0. The summed E-state index contributed by atoms with van der Waals surface area (Å²) in [7, 11) is 0. The molecule has 1 aliphatic rings. The summed E-state index contributed by atoms with van der Waals surface area (Å²) in [5, 5.41) is 10.3. The number of carbonyl (C=O) groups is 1. The molecule has 2 heterocycles. The van der Waals surface area contributed by atoms with Gasteiger partial charge in [-0.3, -0.25) is 9.20 Å². The van der Waals surface area contributed by atoms with Crippen LogP contribution in [0.3, 0.4) is 0 Å². The molecule has 1 N–H and O–H groups in total. The van der Waals surface area contributed by atoms with Crippen LogP contribution in [0.4, 0.5) is 13.2 Å². The molecule has 0 aliphatic heterocycles. The minimum atomic E-state index is -4.53. The SMILES string of the molecule is C[C@H](Sc1nnc2c(Cl)cc(C(F)(F)F)cn12)C(=O)NC1CCCCC1. The van der Waals surface area contributed by atoms with Gasteiger partial charge < -0.3 is 5.32 Å². The molecule has 1 atom stereocenters. The summed E-state index contributed by atoms with van der Waals surface area (Å²) in [4.78, 5) is 12.4. The van der Waals surface area contributed by atoms with E-state index in [0.29, 0.717) is 0 Å². The molecular weight excluding hydrogens is 389 g/mol. The highest BCUT2D eigenvalue weighted by atomic mass is 35.5. The van der Waals surface area contributed by atoms with Crippen molar-refractivity contribution in [2.75, 3.05) is 0 Å². The Kier molecular flexibility index (Phi) is 5.67. The van der Waals surface area contributed by atoms with Gasteiger partial charge in [-0.2, -0.15) is 13.2 Å². The molecule has 10 heteroatoms. The van der Waals surface area contributed by atoms with Gasteiger partial charge in [-0.15, -0.1) is 10.2 Å². The van der Waals surface area contributed by atoms with Crippen molar-refractivity contribution in [3.05, 3.63) is 22.8 Å². The molecule has 3 rings (SSSR count). The average Bonchev–Trinajstić information content (AvgIpc) is 2.98. The number of carbonyl (C=O) groups excluding carboxylic acids is 1. The van der Waals surface area contributed by atoms with Crippen LogP contribution in [-0.2, 0) is 11.0 Å². The van der Waals surface area contributed by atoms with Gasteiger partial charge in [-0.1, -0.05) is 42.6 Å². The molecule has 1 saturated carbocycles. The van der Waals surface area contributed by atoms with E-state index in [1.807, 2.05) is 0 Å². The first-order valence-corrected chi connectivity index (χ1v) is 9.60. The van der Waals surface area contributed by atoms with Gasteiger partial charge in [0.2, 0.25) is 5.91 Å². The van der Waals surface area contributed by atoms with Crippen LogP contribution < -0.4 is 5.32 Å². The van der Waals surface area contributed by atoms with Gasteiger partial charge in [0.25, 0.3) is 0 Å². The molecule has 0 bridgehead atoms. The Morgan fingerprint density at radius 2 is 2.04 bits per heavy atom. The van der Waals surface area contributed by atoms with Crippen molar-refractivity contribution in [3.63, 3.8) is 0 Å². The molecule has 1 amide bonds. The Balaban J connectivity index is 1.77. The summed E-state index contributed by atoms with van der Waals surface area (Å²) in [6.45, 7) is 1.69. The molecule has 2 aromatic heterocycles. The third kappa shape index (κ3) is 4.25. The Hall–Kier alpha value is -1.48. The Labute approximate surface area is 157 Å². The number of halogens is 4. The lowest BCUT2D eigenvalue weighted by atomic mass is 9.95. The van der Waals surface area contributed by atoms with E-state index in [2.05, 4.69) is 15.5 Å².